The lowest BCUT2D eigenvalue weighted by Gasteiger charge is -2.20. The van der Waals surface area contributed by atoms with Crippen molar-refractivity contribution in [1.29, 1.82) is 0 Å². The minimum Gasteiger partial charge on any atom is -0.360 e. The van der Waals surface area contributed by atoms with Gasteiger partial charge in [0.25, 0.3) is 5.91 Å². The molecular weight excluding hydrogens is 359 g/mol. The van der Waals surface area contributed by atoms with E-state index in [1.165, 1.54) is 44.2 Å². The number of H-pyrrole nitrogens is 1. The second-order valence-electron chi connectivity index (χ2n) is 7.41. The zero-order valence-electron chi connectivity index (χ0n) is 15.8. The van der Waals surface area contributed by atoms with Gasteiger partial charge >= 0.3 is 0 Å². The number of benzene rings is 1. The fourth-order valence-electron chi connectivity index (χ4n) is 3.86. The monoisotopic (exact) mass is 382 g/mol. The molecule has 2 heterocycles. The molecule has 4 rings (SSSR count). The number of carbonyl (C=O) groups is 1. The molecule has 3 aromatic rings. The average Bonchev–Trinajstić information content (AvgIpc) is 3.29. The lowest BCUT2D eigenvalue weighted by Crippen LogP contribution is -2.13. The number of halogens is 1. The van der Waals surface area contributed by atoms with Gasteiger partial charge in [-0.2, -0.15) is 5.10 Å². The number of rotatable bonds is 5. The molecular formula is C21H23FN4O2. The number of aromatic nitrogens is 3. The minimum absolute atomic E-state index is 0.323. The van der Waals surface area contributed by atoms with Crippen molar-refractivity contribution in [2.24, 2.45) is 5.92 Å². The highest BCUT2D eigenvalue weighted by atomic mass is 19.1. The number of hydrogen-bond donors (Lipinski definition) is 2. The Balaban J connectivity index is 1.48. The minimum atomic E-state index is -0.353. The lowest BCUT2D eigenvalue weighted by atomic mass is 9.86. The van der Waals surface area contributed by atoms with Crippen LogP contribution in [0.4, 0.5) is 10.2 Å². The SMILES string of the molecule is Cc1onc(-c2ccc(F)cc2)c1C(=O)Nc1cc(CC2CCCCC2)[nH]n1. The Morgan fingerprint density at radius 1 is 1.25 bits per heavy atom. The summed E-state index contributed by atoms with van der Waals surface area (Å²) in [6, 6.07) is 7.67. The first-order valence-electron chi connectivity index (χ1n) is 9.68. The number of aryl methyl sites for hydroxylation is 1. The van der Waals surface area contributed by atoms with Crippen molar-refractivity contribution in [2.45, 2.75) is 45.4 Å². The van der Waals surface area contributed by atoms with Crippen LogP contribution in [-0.4, -0.2) is 21.3 Å². The molecule has 0 spiro atoms. The zero-order valence-corrected chi connectivity index (χ0v) is 15.8. The molecule has 1 amide bonds. The van der Waals surface area contributed by atoms with Gasteiger partial charge in [-0.25, -0.2) is 4.39 Å². The highest BCUT2D eigenvalue weighted by molar-refractivity contribution is 6.08. The van der Waals surface area contributed by atoms with E-state index in [4.69, 9.17) is 4.52 Å². The lowest BCUT2D eigenvalue weighted by molar-refractivity contribution is 0.102. The predicted octanol–water partition coefficient (Wildman–Crippen LogP) is 4.89. The maximum Gasteiger partial charge on any atom is 0.262 e. The summed E-state index contributed by atoms with van der Waals surface area (Å²) < 4.78 is 18.4. The molecule has 0 bridgehead atoms. The van der Waals surface area contributed by atoms with Crippen LogP contribution in [0.3, 0.4) is 0 Å². The Bertz CT molecular complexity index is 955. The number of nitrogens with zero attached hydrogens (tertiary/aromatic N) is 2. The number of nitrogens with one attached hydrogen (secondary N) is 2. The molecule has 1 fully saturated rings. The molecule has 0 saturated heterocycles. The maximum absolute atomic E-state index is 13.2. The van der Waals surface area contributed by atoms with Gasteiger partial charge in [0, 0.05) is 17.3 Å². The van der Waals surface area contributed by atoms with E-state index >= 15 is 0 Å². The zero-order chi connectivity index (χ0) is 19.5. The Morgan fingerprint density at radius 3 is 2.75 bits per heavy atom. The number of carbonyl (C=O) groups excluding carboxylic acids is 1. The Kier molecular flexibility index (Phi) is 5.23. The van der Waals surface area contributed by atoms with Gasteiger partial charge in [0.2, 0.25) is 0 Å². The van der Waals surface area contributed by atoms with E-state index in [0.717, 1.165) is 12.1 Å². The van der Waals surface area contributed by atoms with Crippen molar-refractivity contribution in [3.8, 4) is 11.3 Å². The molecule has 2 aromatic heterocycles. The third-order valence-corrected chi connectivity index (χ3v) is 5.31. The van der Waals surface area contributed by atoms with E-state index in [2.05, 4.69) is 20.7 Å². The summed E-state index contributed by atoms with van der Waals surface area (Å²) in [7, 11) is 0. The Labute approximate surface area is 162 Å². The standard InChI is InChI=1S/C21H23FN4O2/c1-13-19(20(26-28-13)15-7-9-16(22)10-8-15)21(27)23-18-12-17(24-25-18)11-14-5-3-2-4-6-14/h7-10,12,14H,2-6,11H2,1H3,(H2,23,24,25,27). The molecule has 6 nitrogen and oxygen atoms in total. The van der Waals surface area contributed by atoms with E-state index in [0.29, 0.717) is 34.3 Å². The van der Waals surface area contributed by atoms with Gasteiger partial charge in [-0.05, 0) is 43.5 Å². The molecule has 0 unspecified atom stereocenters. The summed E-state index contributed by atoms with van der Waals surface area (Å²) in [5, 5.41) is 14.0. The molecule has 1 aliphatic carbocycles. The summed E-state index contributed by atoms with van der Waals surface area (Å²) in [6.07, 6.45) is 7.37. The van der Waals surface area contributed by atoms with Crippen molar-refractivity contribution >= 4 is 11.7 Å². The van der Waals surface area contributed by atoms with Crippen LogP contribution in [-0.2, 0) is 6.42 Å². The van der Waals surface area contributed by atoms with Crippen LogP contribution >= 0.6 is 0 Å². The second-order valence-corrected chi connectivity index (χ2v) is 7.41. The molecule has 0 atom stereocenters. The van der Waals surface area contributed by atoms with Gasteiger partial charge in [0.05, 0.1) is 0 Å². The molecule has 1 aromatic carbocycles. The summed E-state index contributed by atoms with van der Waals surface area (Å²) >= 11 is 0. The Morgan fingerprint density at radius 2 is 2.00 bits per heavy atom. The number of amides is 1. The first kappa shape index (κ1) is 18.4. The van der Waals surface area contributed by atoms with E-state index in [1.54, 1.807) is 19.1 Å². The van der Waals surface area contributed by atoms with Crippen molar-refractivity contribution in [2.75, 3.05) is 5.32 Å². The number of hydrogen-bond acceptors (Lipinski definition) is 4. The maximum atomic E-state index is 13.2. The van der Waals surface area contributed by atoms with Crippen molar-refractivity contribution in [1.82, 2.24) is 15.4 Å². The summed E-state index contributed by atoms with van der Waals surface area (Å²) in [5.74, 6) is 0.852. The number of aromatic amines is 1. The summed E-state index contributed by atoms with van der Waals surface area (Å²) in [5.41, 5.74) is 2.35. The number of anilines is 1. The highest BCUT2D eigenvalue weighted by Crippen LogP contribution is 2.28. The van der Waals surface area contributed by atoms with Crippen LogP contribution in [0, 0.1) is 18.7 Å². The first-order valence-corrected chi connectivity index (χ1v) is 9.68. The van der Waals surface area contributed by atoms with Crippen molar-refractivity contribution < 1.29 is 13.7 Å². The summed E-state index contributed by atoms with van der Waals surface area (Å²) in [4.78, 5) is 12.8. The van der Waals surface area contributed by atoms with E-state index in [9.17, 15) is 9.18 Å². The third kappa shape index (κ3) is 3.98. The molecule has 1 saturated carbocycles. The van der Waals surface area contributed by atoms with Crippen LogP contribution in [0.1, 0.15) is 53.9 Å². The van der Waals surface area contributed by atoms with Gasteiger partial charge in [-0.1, -0.05) is 37.3 Å². The van der Waals surface area contributed by atoms with Gasteiger partial charge in [-0.15, -0.1) is 0 Å². The predicted molar refractivity (Wildman–Crippen MR) is 103 cm³/mol. The molecule has 0 aliphatic heterocycles. The molecule has 146 valence electrons. The summed E-state index contributed by atoms with van der Waals surface area (Å²) in [6.45, 7) is 1.67. The van der Waals surface area contributed by atoms with Crippen LogP contribution in [0.15, 0.2) is 34.9 Å². The van der Waals surface area contributed by atoms with Gasteiger partial charge in [-0.3, -0.25) is 9.89 Å². The van der Waals surface area contributed by atoms with Crippen LogP contribution < -0.4 is 5.32 Å². The van der Waals surface area contributed by atoms with Crippen molar-refractivity contribution in [3.63, 3.8) is 0 Å². The molecule has 28 heavy (non-hydrogen) atoms. The average molecular weight is 382 g/mol. The fourth-order valence-corrected chi connectivity index (χ4v) is 3.86. The smallest absolute Gasteiger partial charge is 0.262 e. The fraction of sp³-hybridized carbons (Fsp3) is 0.381. The molecule has 0 radical (unpaired) electrons. The first-order chi connectivity index (χ1) is 13.6. The van der Waals surface area contributed by atoms with Crippen LogP contribution in [0.25, 0.3) is 11.3 Å². The van der Waals surface area contributed by atoms with E-state index in [1.807, 2.05) is 6.07 Å². The quantitative estimate of drug-likeness (QED) is 0.658. The van der Waals surface area contributed by atoms with Crippen LogP contribution in [0.2, 0.25) is 0 Å². The topological polar surface area (TPSA) is 83.8 Å². The Hall–Kier alpha value is -2.96. The van der Waals surface area contributed by atoms with Gasteiger partial charge < -0.3 is 9.84 Å². The van der Waals surface area contributed by atoms with Gasteiger partial charge in [0.1, 0.15) is 22.8 Å². The third-order valence-electron chi connectivity index (χ3n) is 5.31. The molecule has 7 heteroatoms. The van der Waals surface area contributed by atoms with Crippen molar-refractivity contribution in [3.05, 3.63) is 53.2 Å². The van der Waals surface area contributed by atoms with Gasteiger partial charge in [0.15, 0.2) is 5.82 Å². The van der Waals surface area contributed by atoms with E-state index < -0.39 is 0 Å². The molecule has 1 aliphatic rings. The van der Waals surface area contributed by atoms with Crippen LogP contribution in [0.5, 0.6) is 0 Å². The molecule has 2 N–H and O–H groups in total. The normalized spacial score (nSPS) is 14.9. The second kappa shape index (κ2) is 7.96. The largest absolute Gasteiger partial charge is 0.360 e. The highest BCUT2D eigenvalue weighted by Gasteiger charge is 2.23. The van der Waals surface area contributed by atoms with E-state index in [-0.39, 0.29) is 11.7 Å².